The van der Waals surface area contributed by atoms with E-state index in [2.05, 4.69) is 37.9 Å². The zero-order valence-corrected chi connectivity index (χ0v) is 17.0. The van der Waals surface area contributed by atoms with E-state index in [-0.39, 0.29) is 5.41 Å². The van der Waals surface area contributed by atoms with Crippen LogP contribution >= 0.6 is 0 Å². The molecule has 0 saturated carbocycles. The normalized spacial score (nSPS) is 14.6. The summed E-state index contributed by atoms with van der Waals surface area (Å²) in [6, 6.07) is 15.3. The number of benzene rings is 2. The average Bonchev–Trinajstić information content (AvgIpc) is 3.02. The molecule has 1 aliphatic heterocycles. The van der Waals surface area contributed by atoms with Gasteiger partial charge in [0, 0.05) is 11.9 Å². The summed E-state index contributed by atoms with van der Waals surface area (Å²) in [4.78, 5) is 4.99. The van der Waals surface area contributed by atoms with Crippen molar-refractivity contribution in [3.8, 4) is 0 Å². The van der Waals surface area contributed by atoms with Crippen LogP contribution in [0.15, 0.2) is 53.4 Å². The third-order valence-corrected chi connectivity index (χ3v) is 6.96. The van der Waals surface area contributed by atoms with E-state index in [1.54, 1.807) is 12.1 Å². The number of pyridine rings is 1. The Hall–Kier alpha value is -2.40. The first-order chi connectivity index (χ1) is 12.7. The molecule has 0 N–H and O–H groups in total. The molecule has 140 valence electrons. The molecule has 0 fully saturated rings. The Morgan fingerprint density at radius 1 is 1.00 bits per heavy atom. The van der Waals surface area contributed by atoms with E-state index in [4.69, 9.17) is 0 Å². The van der Waals surface area contributed by atoms with Gasteiger partial charge in [0.1, 0.15) is 5.82 Å². The van der Waals surface area contributed by atoms with E-state index >= 15 is 0 Å². The van der Waals surface area contributed by atoms with Crippen LogP contribution in [0, 0.1) is 6.92 Å². The molecule has 1 aliphatic rings. The van der Waals surface area contributed by atoms with Gasteiger partial charge in [-0.2, -0.15) is 0 Å². The van der Waals surface area contributed by atoms with E-state index in [0.29, 0.717) is 23.7 Å². The fourth-order valence-electron chi connectivity index (χ4n) is 3.55. The minimum atomic E-state index is -3.62. The fourth-order valence-corrected chi connectivity index (χ4v) is 5.00. The molecule has 0 radical (unpaired) electrons. The summed E-state index contributed by atoms with van der Waals surface area (Å²) >= 11 is 0. The molecule has 4 rings (SSSR count). The van der Waals surface area contributed by atoms with Crippen LogP contribution in [0.4, 0.5) is 5.82 Å². The monoisotopic (exact) mass is 380 g/mol. The summed E-state index contributed by atoms with van der Waals surface area (Å²) < 4.78 is 27.9. The highest BCUT2D eigenvalue weighted by Gasteiger charge is 2.32. The predicted molar refractivity (Wildman–Crippen MR) is 110 cm³/mol. The van der Waals surface area contributed by atoms with Gasteiger partial charge in [-0.15, -0.1) is 0 Å². The molecule has 0 amide bonds. The molecule has 4 nitrogen and oxygen atoms in total. The van der Waals surface area contributed by atoms with Crippen LogP contribution < -0.4 is 4.31 Å². The van der Waals surface area contributed by atoms with E-state index in [1.165, 1.54) is 9.87 Å². The quantitative estimate of drug-likeness (QED) is 0.653. The van der Waals surface area contributed by atoms with E-state index in [9.17, 15) is 8.42 Å². The topological polar surface area (TPSA) is 50.3 Å². The van der Waals surface area contributed by atoms with Crippen molar-refractivity contribution in [2.75, 3.05) is 10.8 Å². The van der Waals surface area contributed by atoms with Gasteiger partial charge in [0.2, 0.25) is 0 Å². The van der Waals surface area contributed by atoms with E-state index < -0.39 is 10.0 Å². The maximum atomic E-state index is 13.2. The lowest BCUT2D eigenvalue weighted by Crippen LogP contribution is -2.29. The van der Waals surface area contributed by atoms with Crippen LogP contribution in [0.5, 0.6) is 0 Å². The van der Waals surface area contributed by atoms with Crippen LogP contribution in [-0.2, 0) is 21.9 Å². The lowest BCUT2D eigenvalue weighted by molar-refractivity contribution is 0.585. The molecule has 2 heterocycles. The zero-order chi connectivity index (χ0) is 19.4. The van der Waals surface area contributed by atoms with E-state index in [0.717, 1.165) is 22.0 Å². The smallest absolute Gasteiger partial charge is 0.249 e. The van der Waals surface area contributed by atoms with Gasteiger partial charge in [-0.3, -0.25) is 0 Å². The first-order valence-electron chi connectivity index (χ1n) is 9.20. The van der Waals surface area contributed by atoms with Crippen molar-refractivity contribution in [1.82, 2.24) is 4.98 Å². The number of anilines is 1. The van der Waals surface area contributed by atoms with Crippen LogP contribution in [0.1, 0.15) is 37.5 Å². The molecule has 0 atom stereocenters. The Labute approximate surface area is 160 Å². The highest BCUT2D eigenvalue weighted by molar-refractivity contribution is 7.92. The van der Waals surface area contributed by atoms with Crippen molar-refractivity contribution >= 4 is 26.7 Å². The lowest BCUT2D eigenvalue weighted by Gasteiger charge is -2.21. The van der Waals surface area contributed by atoms with Gasteiger partial charge in [-0.05, 0) is 60.2 Å². The summed E-state index contributed by atoms with van der Waals surface area (Å²) in [5.74, 6) is 0.561. The first kappa shape index (κ1) is 18.0. The Bertz CT molecular complexity index is 1130. The highest BCUT2D eigenvalue weighted by atomic mass is 32.2. The number of nitrogens with zero attached hydrogens (tertiary/aromatic N) is 2. The number of aromatic nitrogens is 1. The molecule has 0 unspecified atom stereocenters. The molecule has 1 aromatic heterocycles. The number of aryl methyl sites for hydroxylation is 1. The largest absolute Gasteiger partial charge is 0.265 e. The predicted octanol–water partition coefficient (Wildman–Crippen LogP) is 4.59. The second-order valence-corrected chi connectivity index (χ2v) is 10.1. The number of hydrogen-bond acceptors (Lipinski definition) is 3. The number of sulfonamides is 1. The van der Waals surface area contributed by atoms with Crippen LogP contribution in [-0.4, -0.2) is 19.9 Å². The van der Waals surface area contributed by atoms with Crippen molar-refractivity contribution in [1.29, 1.82) is 0 Å². The molecule has 5 heteroatoms. The summed E-state index contributed by atoms with van der Waals surface area (Å²) in [5, 5.41) is 1.06. The Morgan fingerprint density at radius 2 is 1.70 bits per heavy atom. The molecule has 27 heavy (non-hydrogen) atoms. The Morgan fingerprint density at radius 3 is 2.37 bits per heavy atom. The van der Waals surface area contributed by atoms with Crippen molar-refractivity contribution in [3.63, 3.8) is 0 Å². The third kappa shape index (κ3) is 3.10. The average molecular weight is 381 g/mol. The van der Waals surface area contributed by atoms with Crippen molar-refractivity contribution in [3.05, 3.63) is 65.2 Å². The summed E-state index contributed by atoms with van der Waals surface area (Å²) in [6.45, 7) is 8.82. The maximum Gasteiger partial charge on any atom is 0.265 e. The summed E-state index contributed by atoms with van der Waals surface area (Å²) in [5.41, 5.74) is 4.09. The van der Waals surface area contributed by atoms with Gasteiger partial charge in [-0.1, -0.05) is 44.5 Å². The minimum Gasteiger partial charge on any atom is -0.249 e. The summed E-state index contributed by atoms with van der Waals surface area (Å²) in [7, 11) is -3.62. The molecule has 0 saturated heterocycles. The zero-order valence-electron chi connectivity index (χ0n) is 16.2. The van der Waals surface area contributed by atoms with Gasteiger partial charge in [0.05, 0.1) is 10.4 Å². The molecule has 0 bridgehead atoms. The van der Waals surface area contributed by atoms with Gasteiger partial charge in [0.25, 0.3) is 10.0 Å². The molecule has 0 aliphatic carbocycles. The molecule has 3 aromatic rings. The molecular formula is C22H24N2O2S. The summed E-state index contributed by atoms with van der Waals surface area (Å²) in [6.07, 6.45) is 0.686. The number of rotatable bonds is 2. The van der Waals surface area contributed by atoms with Crippen molar-refractivity contribution in [2.24, 2.45) is 0 Å². The second-order valence-electron chi connectivity index (χ2n) is 8.27. The van der Waals surface area contributed by atoms with Gasteiger partial charge in [-0.25, -0.2) is 17.7 Å². The van der Waals surface area contributed by atoms with Crippen LogP contribution in [0.3, 0.4) is 0 Å². The molecular weight excluding hydrogens is 356 g/mol. The van der Waals surface area contributed by atoms with Crippen molar-refractivity contribution in [2.45, 2.75) is 44.4 Å². The Kier molecular flexibility index (Phi) is 4.04. The van der Waals surface area contributed by atoms with E-state index in [1.807, 2.05) is 31.2 Å². The fraction of sp³-hybridized carbons (Fsp3) is 0.318. The first-order valence-corrected chi connectivity index (χ1v) is 10.6. The minimum absolute atomic E-state index is 0.0128. The van der Waals surface area contributed by atoms with Crippen molar-refractivity contribution < 1.29 is 8.42 Å². The number of fused-ring (bicyclic) bond motifs is 2. The van der Waals surface area contributed by atoms with Gasteiger partial charge in [0.15, 0.2) is 0 Å². The number of hydrogen-bond donors (Lipinski definition) is 0. The van der Waals surface area contributed by atoms with Gasteiger partial charge < -0.3 is 0 Å². The lowest BCUT2D eigenvalue weighted by atomic mass is 9.87. The van der Waals surface area contributed by atoms with Crippen LogP contribution in [0.25, 0.3) is 10.9 Å². The second kappa shape index (κ2) is 6.06. The third-order valence-electron chi connectivity index (χ3n) is 5.16. The highest BCUT2D eigenvalue weighted by Crippen LogP contribution is 2.34. The maximum absolute atomic E-state index is 13.2. The van der Waals surface area contributed by atoms with Gasteiger partial charge >= 0.3 is 0 Å². The standard InChI is InChI=1S/C22H24N2O2S/c1-15-5-10-20-17(13-15)14-16-11-12-24(21(16)23-20)27(25,26)19-8-6-18(7-9-19)22(2,3)4/h5-10,13-14H,11-12H2,1-4H3. The molecule has 2 aromatic carbocycles. The SMILES string of the molecule is Cc1ccc2nc3c(cc2c1)CCN3S(=O)(=O)c1ccc(C(C)(C)C)cc1. The molecule has 0 spiro atoms. The van der Waals surface area contributed by atoms with Crippen LogP contribution in [0.2, 0.25) is 0 Å². The Balaban J connectivity index is 1.76.